The zero-order valence-electron chi connectivity index (χ0n) is 11.6. The van der Waals surface area contributed by atoms with E-state index in [1.54, 1.807) is 12.4 Å². The van der Waals surface area contributed by atoms with Crippen LogP contribution < -0.4 is 0 Å². The number of rotatable bonds is 2. The molecule has 1 amide bonds. The average molecular weight is 272 g/mol. The summed E-state index contributed by atoms with van der Waals surface area (Å²) in [5.41, 5.74) is 2.39. The molecular formula is C16H20N2O2. The van der Waals surface area contributed by atoms with Crippen molar-refractivity contribution in [3.8, 4) is 0 Å². The number of nitrogens with zero attached hydrogens (tertiary/aromatic N) is 2. The number of amides is 1. The van der Waals surface area contributed by atoms with Gasteiger partial charge in [0, 0.05) is 32.1 Å². The number of carbonyl (C=O) groups excluding carboxylic acids is 1. The fourth-order valence-corrected chi connectivity index (χ4v) is 2.90. The van der Waals surface area contributed by atoms with Crippen LogP contribution in [0.2, 0.25) is 0 Å². The molecule has 3 heterocycles. The summed E-state index contributed by atoms with van der Waals surface area (Å²) in [6.45, 7) is 2.92. The molecule has 0 bridgehead atoms. The largest absolute Gasteiger partial charge is 0.381 e. The Kier molecular flexibility index (Phi) is 4.11. The standard InChI is InChI=1S/C16H20N2O2/c19-16(15-4-2-10-20-12-15)18-9-1-3-14(11-18)13-5-7-17-8-6-13/h3,5-8,15H,1-2,4,9-12H2. The van der Waals surface area contributed by atoms with Gasteiger partial charge in [-0.25, -0.2) is 0 Å². The summed E-state index contributed by atoms with van der Waals surface area (Å²) in [5, 5.41) is 0. The topological polar surface area (TPSA) is 42.4 Å². The molecule has 1 saturated heterocycles. The highest BCUT2D eigenvalue weighted by Gasteiger charge is 2.28. The van der Waals surface area contributed by atoms with Crippen molar-refractivity contribution in [3.05, 3.63) is 36.2 Å². The Morgan fingerprint density at radius 2 is 2.20 bits per heavy atom. The monoisotopic (exact) mass is 272 g/mol. The van der Waals surface area contributed by atoms with Crippen molar-refractivity contribution >= 4 is 11.5 Å². The van der Waals surface area contributed by atoms with Crippen LogP contribution in [0.3, 0.4) is 0 Å². The van der Waals surface area contributed by atoms with Gasteiger partial charge in [0.15, 0.2) is 0 Å². The van der Waals surface area contributed by atoms with Gasteiger partial charge in [-0.05, 0) is 42.5 Å². The maximum atomic E-state index is 12.5. The average Bonchev–Trinajstić information content (AvgIpc) is 2.56. The second-order valence-electron chi connectivity index (χ2n) is 5.43. The molecule has 0 radical (unpaired) electrons. The first kappa shape index (κ1) is 13.3. The van der Waals surface area contributed by atoms with Gasteiger partial charge in [0.1, 0.15) is 0 Å². The number of pyridine rings is 1. The molecule has 0 N–H and O–H groups in total. The third-order valence-corrected chi connectivity index (χ3v) is 4.02. The molecule has 1 fully saturated rings. The van der Waals surface area contributed by atoms with Crippen molar-refractivity contribution in [2.75, 3.05) is 26.3 Å². The third kappa shape index (κ3) is 2.90. The Hall–Kier alpha value is -1.68. The lowest BCUT2D eigenvalue weighted by Crippen LogP contribution is -2.42. The van der Waals surface area contributed by atoms with E-state index in [0.717, 1.165) is 38.0 Å². The number of ether oxygens (including phenoxy) is 1. The smallest absolute Gasteiger partial charge is 0.228 e. The summed E-state index contributed by atoms with van der Waals surface area (Å²) >= 11 is 0. The Morgan fingerprint density at radius 3 is 2.95 bits per heavy atom. The van der Waals surface area contributed by atoms with Crippen molar-refractivity contribution in [1.82, 2.24) is 9.88 Å². The first-order chi connectivity index (χ1) is 9.84. The highest BCUT2D eigenvalue weighted by molar-refractivity contribution is 5.82. The van der Waals surface area contributed by atoms with Crippen LogP contribution in [0.25, 0.3) is 5.57 Å². The predicted molar refractivity (Wildman–Crippen MR) is 77.0 cm³/mol. The van der Waals surface area contributed by atoms with Crippen molar-refractivity contribution in [2.24, 2.45) is 5.92 Å². The van der Waals surface area contributed by atoms with Crippen LogP contribution in [0.15, 0.2) is 30.6 Å². The summed E-state index contributed by atoms with van der Waals surface area (Å²) in [7, 11) is 0. The molecular weight excluding hydrogens is 252 g/mol. The molecule has 20 heavy (non-hydrogen) atoms. The maximum absolute atomic E-state index is 12.5. The summed E-state index contributed by atoms with van der Waals surface area (Å²) in [6, 6.07) is 4.01. The van der Waals surface area contributed by atoms with E-state index in [2.05, 4.69) is 11.1 Å². The van der Waals surface area contributed by atoms with Crippen LogP contribution in [-0.4, -0.2) is 42.1 Å². The molecule has 0 aromatic carbocycles. The Balaban J connectivity index is 1.68. The van der Waals surface area contributed by atoms with E-state index < -0.39 is 0 Å². The van der Waals surface area contributed by atoms with Crippen molar-refractivity contribution in [2.45, 2.75) is 19.3 Å². The minimum atomic E-state index is 0.0561. The van der Waals surface area contributed by atoms with Gasteiger partial charge in [-0.3, -0.25) is 9.78 Å². The van der Waals surface area contributed by atoms with E-state index in [1.165, 1.54) is 5.57 Å². The molecule has 0 saturated carbocycles. The van der Waals surface area contributed by atoms with Crippen molar-refractivity contribution in [3.63, 3.8) is 0 Å². The van der Waals surface area contributed by atoms with Gasteiger partial charge >= 0.3 is 0 Å². The molecule has 106 valence electrons. The first-order valence-electron chi connectivity index (χ1n) is 7.30. The molecule has 1 aromatic rings. The van der Waals surface area contributed by atoms with Crippen LogP contribution in [0, 0.1) is 5.92 Å². The predicted octanol–water partition coefficient (Wildman–Crippen LogP) is 2.12. The molecule has 1 unspecified atom stereocenters. The lowest BCUT2D eigenvalue weighted by Gasteiger charge is -2.32. The first-order valence-corrected chi connectivity index (χ1v) is 7.30. The summed E-state index contributed by atoms with van der Waals surface area (Å²) in [4.78, 5) is 18.6. The number of carbonyl (C=O) groups is 1. The van der Waals surface area contributed by atoms with Crippen LogP contribution in [0.5, 0.6) is 0 Å². The van der Waals surface area contributed by atoms with Gasteiger partial charge in [-0.2, -0.15) is 0 Å². The Bertz CT molecular complexity index is 492. The van der Waals surface area contributed by atoms with E-state index in [4.69, 9.17) is 4.74 Å². The van der Waals surface area contributed by atoms with E-state index >= 15 is 0 Å². The Labute approximate surface area is 119 Å². The van der Waals surface area contributed by atoms with Crippen LogP contribution in [-0.2, 0) is 9.53 Å². The van der Waals surface area contributed by atoms with Crippen molar-refractivity contribution in [1.29, 1.82) is 0 Å². The molecule has 1 atom stereocenters. The van der Waals surface area contributed by atoms with Crippen LogP contribution in [0.4, 0.5) is 0 Å². The van der Waals surface area contributed by atoms with Gasteiger partial charge in [-0.15, -0.1) is 0 Å². The Morgan fingerprint density at radius 1 is 1.35 bits per heavy atom. The van der Waals surface area contributed by atoms with Crippen LogP contribution >= 0.6 is 0 Å². The number of aromatic nitrogens is 1. The van der Waals surface area contributed by atoms with Gasteiger partial charge in [0.25, 0.3) is 0 Å². The SMILES string of the molecule is O=C(C1CCCOC1)N1CCC=C(c2ccncc2)C1. The molecule has 0 aliphatic carbocycles. The minimum Gasteiger partial charge on any atom is -0.381 e. The van der Waals surface area contributed by atoms with E-state index in [-0.39, 0.29) is 11.8 Å². The molecule has 4 heteroatoms. The maximum Gasteiger partial charge on any atom is 0.228 e. The van der Waals surface area contributed by atoms with Gasteiger partial charge in [0.05, 0.1) is 12.5 Å². The summed E-state index contributed by atoms with van der Waals surface area (Å²) < 4.78 is 5.44. The minimum absolute atomic E-state index is 0.0561. The van der Waals surface area contributed by atoms with Gasteiger partial charge in [-0.1, -0.05) is 6.08 Å². The third-order valence-electron chi connectivity index (χ3n) is 4.02. The second kappa shape index (κ2) is 6.18. The molecule has 0 spiro atoms. The highest BCUT2D eigenvalue weighted by Crippen LogP contribution is 2.23. The zero-order valence-corrected chi connectivity index (χ0v) is 11.6. The highest BCUT2D eigenvalue weighted by atomic mass is 16.5. The molecule has 3 rings (SSSR count). The summed E-state index contributed by atoms with van der Waals surface area (Å²) in [5.74, 6) is 0.310. The summed E-state index contributed by atoms with van der Waals surface area (Å²) in [6.07, 6.45) is 8.71. The van der Waals surface area contributed by atoms with Crippen LogP contribution in [0.1, 0.15) is 24.8 Å². The van der Waals surface area contributed by atoms with Gasteiger partial charge < -0.3 is 9.64 Å². The fourth-order valence-electron chi connectivity index (χ4n) is 2.90. The van der Waals surface area contributed by atoms with E-state index in [9.17, 15) is 4.79 Å². The second-order valence-corrected chi connectivity index (χ2v) is 5.43. The van der Waals surface area contributed by atoms with Crippen molar-refractivity contribution < 1.29 is 9.53 Å². The number of hydrogen-bond acceptors (Lipinski definition) is 3. The molecule has 4 nitrogen and oxygen atoms in total. The lowest BCUT2D eigenvalue weighted by molar-refractivity contribution is -0.139. The fraction of sp³-hybridized carbons (Fsp3) is 0.500. The quantitative estimate of drug-likeness (QED) is 0.828. The molecule has 2 aliphatic rings. The van der Waals surface area contributed by atoms with Gasteiger partial charge in [0.2, 0.25) is 5.91 Å². The number of hydrogen-bond donors (Lipinski definition) is 0. The lowest BCUT2D eigenvalue weighted by atomic mass is 9.97. The van der Waals surface area contributed by atoms with E-state index in [0.29, 0.717) is 13.2 Å². The normalized spacial score (nSPS) is 23.3. The molecule has 2 aliphatic heterocycles. The molecule has 1 aromatic heterocycles. The van der Waals surface area contributed by atoms with E-state index in [1.807, 2.05) is 17.0 Å². The zero-order chi connectivity index (χ0) is 13.8.